The number of anilines is 1. The summed E-state index contributed by atoms with van der Waals surface area (Å²) >= 11 is 0. The number of nitrogens with one attached hydrogen (secondary N) is 2. The summed E-state index contributed by atoms with van der Waals surface area (Å²) in [5.41, 5.74) is 3.28. The van der Waals surface area contributed by atoms with Gasteiger partial charge in [0.1, 0.15) is 5.82 Å². The second-order valence-corrected chi connectivity index (χ2v) is 7.35. The Morgan fingerprint density at radius 2 is 1.96 bits per heavy atom. The predicted octanol–water partition coefficient (Wildman–Crippen LogP) is 4.12. The molecule has 3 rings (SSSR count). The molecule has 148 valence electrons. The van der Waals surface area contributed by atoms with Crippen LogP contribution < -0.4 is 10.6 Å². The van der Waals surface area contributed by atoms with Gasteiger partial charge in [0, 0.05) is 30.9 Å². The number of hydrogen-bond donors (Lipinski definition) is 2. The molecule has 1 heterocycles. The zero-order valence-corrected chi connectivity index (χ0v) is 16.3. The third-order valence-corrected chi connectivity index (χ3v) is 5.28. The molecule has 1 saturated heterocycles. The zero-order valence-electron chi connectivity index (χ0n) is 16.3. The largest absolute Gasteiger partial charge is 0.338 e. The number of urea groups is 1. The summed E-state index contributed by atoms with van der Waals surface area (Å²) in [6.45, 7) is 5.80. The second-order valence-electron chi connectivity index (χ2n) is 7.35. The van der Waals surface area contributed by atoms with Gasteiger partial charge in [0.15, 0.2) is 0 Å². The number of hydrogen-bond acceptors (Lipinski definition) is 2. The standard InChI is InChI=1S/C22H26FN3O2/c1-15-6-3-10-20(16(15)2)21(27)26-11-5-7-17(14-26)13-24-22(28)25-19-9-4-8-18(23)12-19/h3-4,6,8-10,12,17H,5,7,11,13-14H2,1-2H3,(H2,24,25,28). The molecule has 2 N–H and O–H groups in total. The Bertz CT molecular complexity index is 869. The molecule has 0 bridgehead atoms. The first kappa shape index (κ1) is 19.9. The van der Waals surface area contributed by atoms with Crippen LogP contribution in [0.2, 0.25) is 0 Å². The summed E-state index contributed by atoms with van der Waals surface area (Å²) in [5, 5.41) is 5.45. The molecular formula is C22H26FN3O2. The van der Waals surface area contributed by atoms with Gasteiger partial charge in [0.25, 0.3) is 5.91 Å². The molecule has 1 fully saturated rings. The third kappa shape index (κ3) is 4.88. The maximum atomic E-state index is 13.2. The van der Waals surface area contributed by atoms with E-state index in [9.17, 15) is 14.0 Å². The van der Waals surface area contributed by atoms with Gasteiger partial charge in [-0.15, -0.1) is 0 Å². The fraction of sp³-hybridized carbons (Fsp3) is 0.364. The van der Waals surface area contributed by atoms with Crippen LogP contribution in [-0.2, 0) is 0 Å². The van der Waals surface area contributed by atoms with Crippen molar-refractivity contribution in [3.63, 3.8) is 0 Å². The van der Waals surface area contributed by atoms with E-state index in [4.69, 9.17) is 0 Å². The third-order valence-electron chi connectivity index (χ3n) is 5.28. The normalized spacial score (nSPS) is 16.5. The fourth-order valence-corrected chi connectivity index (χ4v) is 3.55. The van der Waals surface area contributed by atoms with Gasteiger partial charge in [-0.25, -0.2) is 9.18 Å². The quantitative estimate of drug-likeness (QED) is 0.834. The van der Waals surface area contributed by atoms with Crippen LogP contribution in [0, 0.1) is 25.6 Å². The van der Waals surface area contributed by atoms with E-state index in [1.807, 2.05) is 36.9 Å². The molecule has 0 aromatic heterocycles. The monoisotopic (exact) mass is 383 g/mol. The molecule has 0 saturated carbocycles. The van der Waals surface area contributed by atoms with Crippen LogP contribution in [0.4, 0.5) is 14.9 Å². The summed E-state index contributed by atoms with van der Waals surface area (Å²) in [5.74, 6) is -0.151. The molecule has 1 aliphatic heterocycles. The van der Waals surface area contributed by atoms with Crippen molar-refractivity contribution in [2.75, 3.05) is 25.0 Å². The van der Waals surface area contributed by atoms with Gasteiger partial charge in [-0.3, -0.25) is 4.79 Å². The molecular weight excluding hydrogens is 357 g/mol. The number of benzene rings is 2. The van der Waals surface area contributed by atoms with E-state index in [2.05, 4.69) is 10.6 Å². The van der Waals surface area contributed by atoms with Gasteiger partial charge in [-0.1, -0.05) is 18.2 Å². The van der Waals surface area contributed by atoms with Crippen molar-refractivity contribution in [2.24, 2.45) is 5.92 Å². The van der Waals surface area contributed by atoms with Gasteiger partial charge in [0.2, 0.25) is 0 Å². The van der Waals surface area contributed by atoms with Crippen molar-refractivity contribution in [3.8, 4) is 0 Å². The number of amides is 3. The molecule has 5 nitrogen and oxygen atoms in total. The second kappa shape index (κ2) is 8.87. The Labute approximate surface area is 164 Å². The molecule has 6 heteroatoms. The Balaban J connectivity index is 1.54. The van der Waals surface area contributed by atoms with Crippen molar-refractivity contribution in [1.29, 1.82) is 0 Å². The maximum Gasteiger partial charge on any atom is 0.319 e. The highest BCUT2D eigenvalue weighted by atomic mass is 19.1. The Morgan fingerprint density at radius 3 is 2.75 bits per heavy atom. The maximum absolute atomic E-state index is 13.2. The summed E-state index contributed by atoms with van der Waals surface area (Å²) < 4.78 is 13.2. The van der Waals surface area contributed by atoms with Crippen molar-refractivity contribution < 1.29 is 14.0 Å². The molecule has 28 heavy (non-hydrogen) atoms. The van der Waals surface area contributed by atoms with Gasteiger partial charge in [-0.05, 0) is 68.0 Å². The topological polar surface area (TPSA) is 61.4 Å². The van der Waals surface area contributed by atoms with E-state index < -0.39 is 5.82 Å². The van der Waals surface area contributed by atoms with Crippen molar-refractivity contribution in [1.82, 2.24) is 10.2 Å². The number of carbonyl (C=O) groups excluding carboxylic acids is 2. The summed E-state index contributed by atoms with van der Waals surface area (Å²) in [6, 6.07) is 11.2. The fourth-order valence-electron chi connectivity index (χ4n) is 3.55. The Hall–Kier alpha value is -2.89. The first-order valence-electron chi connectivity index (χ1n) is 9.60. The molecule has 0 spiro atoms. The summed E-state index contributed by atoms with van der Waals surface area (Å²) in [7, 11) is 0. The van der Waals surface area contributed by atoms with Crippen LogP contribution in [0.25, 0.3) is 0 Å². The minimum absolute atomic E-state index is 0.0510. The van der Waals surface area contributed by atoms with Crippen LogP contribution in [0.15, 0.2) is 42.5 Å². The average Bonchev–Trinajstić information content (AvgIpc) is 2.68. The minimum Gasteiger partial charge on any atom is -0.338 e. The Kier molecular flexibility index (Phi) is 6.29. The number of halogens is 1. The minimum atomic E-state index is -0.398. The summed E-state index contributed by atoms with van der Waals surface area (Å²) in [6.07, 6.45) is 1.87. The lowest BCUT2D eigenvalue weighted by atomic mass is 9.96. The molecule has 0 aliphatic carbocycles. The van der Waals surface area contributed by atoms with E-state index in [1.165, 1.54) is 12.1 Å². The van der Waals surface area contributed by atoms with Gasteiger partial charge < -0.3 is 15.5 Å². The number of likely N-dealkylation sites (tertiary alicyclic amines) is 1. The predicted molar refractivity (Wildman–Crippen MR) is 108 cm³/mol. The van der Waals surface area contributed by atoms with E-state index in [0.29, 0.717) is 18.8 Å². The van der Waals surface area contributed by atoms with E-state index >= 15 is 0 Å². The van der Waals surface area contributed by atoms with Gasteiger partial charge in [-0.2, -0.15) is 0 Å². The lowest BCUT2D eigenvalue weighted by Gasteiger charge is -2.33. The number of piperidine rings is 1. The smallest absolute Gasteiger partial charge is 0.319 e. The first-order chi connectivity index (χ1) is 13.4. The Morgan fingerprint density at radius 1 is 1.18 bits per heavy atom. The van der Waals surface area contributed by atoms with Crippen molar-refractivity contribution >= 4 is 17.6 Å². The molecule has 1 unspecified atom stereocenters. The lowest BCUT2D eigenvalue weighted by Crippen LogP contribution is -2.44. The molecule has 2 aromatic rings. The zero-order chi connectivity index (χ0) is 20.1. The van der Waals surface area contributed by atoms with Crippen molar-refractivity contribution in [3.05, 3.63) is 65.0 Å². The average molecular weight is 383 g/mol. The first-order valence-corrected chi connectivity index (χ1v) is 9.60. The molecule has 0 radical (unpaired) electrons. The van der Waals surface area contributed by atoms with Crippen LogP contribution >= 0.6 is 0 Å². The van der Waals surface area contributed by atoms with Crippen LogP contribution in [0.3, 0.4) is 0 Å². The number of aryl methyl sites for hydroxylation is 1. The highest BCUT2D eigenvalue weighted by Gasteiger charge is 2.25. The van der Waals surface area contributed by atoms with Crippen molar-refractivity contribution in [2.45, 2.75) is 26.7 Å². The molecule has 1 aliphatic rings. The van der Waals surface area contributed by atoms with Gasteiger partial charge in [0.05, 0.1) is 0 Å². The van der Waals surface area contributed by atoms with E-state index in [0.717, 1.165) is 36.1 Å². The molecule has 2 aromatic carbocycles. The van der Waals surface area contributed by atoms with E-state index in [-0.39, 0.29) is 17.9 Å². The highest BCUT2D eigenvalue weighted by molar-refractivity contribution is 5.96. The summed E-state index contributed by atoms with van der Waals surface area (Å²) in [4.78, 5) is 26.9. The number of rotatable bonds is 4. The highest BCUT2D eigenvalue weighted by Crippen LogP contribution is 2.21. The van der Waals surface area contributed by atoms with Gasteiger partial charge >= 0.3 is 6.03 Å². The lowest BCUT2D eigenvalue weighted by molar-refractivity contribution is 0.0674. The van der Waals surface area contributed by atoms with Crippen LogP contribution in [0.5, 0.6) is 0 Å². The van der Waals surface area contributed by atoms with Crippen LogP contribution in [0.1, 0.15) is 34.3 Å². The molecule has 1 atom stereocenters. The molecule has 3 amide bonds. The number of nitrogens with zero attached hydrogens (tertiary/aromatic N) is 1. The van der Waals surface area contributed by atoms with E-state index in [1.54, 1.807) is 12.1 Å². The number of carbonyl (C=O) groups is 2. The van der Waals surface area contributed by atoms with Crippen LogP contribution in [-0.4, -0.2) is 36.5 Å². The SMILES string of the molecule is Cc1cccc(C(=O)N2CCCC(CNC(=O)Nc3cccc(F)c3)C2)c1C.